The van der Waals surface area contributed by atoms with Crippen LogP contribution in [0.25, 0.3) is 5.82 Å². The van der Waals surface area contributed by atoms with Gasteiger partial charge in [0.15, 0.2) is 5.82 Å². The Morgan fingerprint density at radius 3 is 2.40 bits per heavy atom. The molecule has 0 aliphatic heterocycles. The summed E-state index contributed by atoms with van der Waals surface area (Å²) in [5.74, 6) is 0.674. The second kappa shape index (κ2) is 8.94. The lowest BCUT2D eigenvalue weighted by Gasteiger charge is -1.96. The zero-order valence-corrected chi connectivity index (χ0v) is 9.81. The minimum Gasteiger partial charge on any atom is -0.237 e. The van der Waals surface area contributed by atoms with E-state index in [0.29, 0.717) is 5.82 Å². The fourth-order valence-corrected chi connectivity index (χ4v) is 0.850. The average molecular weight is 207 g/mol. The first kappa shape index (κ1) is 11.4. The molecule has 0 saturated carbocycles. The summed E-state index contributed by atoms with van der Waals surface area (Å²) < 4.78 is 8.91. The summed E-state index contributed by atoms with van der Waals surface area (Å²) in [5, 5.41) is 4.00. The van der Waals surface area contributed by atoms with E-state index >= 15 is 0 Å². The summed E-state index contributed by atoms with van der Waals surface area (Å²) in [6, 6.07) is 7.04. The normalized spacial score (nSPS) is 8.93. The molecule has 0 aliphatic rings. The number of hydrogen-bond acceptors (Lipinski definition) is 2. The van der Waals surface area contributed by atoms with Gasteiger partial charge < -0.3 is 0 Å². The third-order valence-electron chi connectivity index (χ3n) is 1.33. The minimum atomic E-state index is 0.253. The molecule has 2 aromatic heterocycles. The highest BCUT2D eigenvalue weighted by Crippen LogP contribution is 1.98. The topological polar surface area (TPSA) is 30.7 Å². The standard InChI is InChI=1S/C8H7N3.2C2H6/c1-2-5-9-8(4-1)11-7-3-6-10-11;2*1-2/h1-7H;2*1-2H3/i5T;;. The number of rotatable bonds is 1. The third kappa shape index (κ3) is 4.40. The number of pyridine rings is 1. The second-order valence-electron chi connectivity index (χ2n) is 2.08. The molecule has 0 bridgehead atoms. The van der Waals surface area contributed by atoms with Crippen molar-refractivity contribution < 1.29 is 1.37 Å². The maximum atomic E-state index is 7.29. The van der Waals surface area contributed by atoms with Gasteiger partial charge in [-0.25, -0.2) is 9.67 Å². The van der Waals surface area contributed by atoms with E-state index in [1.165, 1.54) is 0 Å². The highest BCUT2D eigenvalue weighted by molar-refractivity contribution is 5.19. The van der Waals surface area contributed by atoms with Gasteiger partial charge in [-0.05, 0) is 18.2 Å². The van der Waals surface area contributed by atoms with Gasteiger partial charge in [0, 0.05) is 18.6 Å². The first-order chi connectivity index (χ1) is 7.86. The first-order valence-corrected chi connectivity index (χ1v) is 5.30. The first-order valence-electron chi connectivity index (χ1n) is 5.80. The van der Waals surface area contributed by atoms with Gasteiger partial charge in [-0.2, -0.15) is 5.10 Å². The van der Waals surface area contributed by atoms with Crippen molar-refractivity contribution in [1.29, 1.82) is 0 Å². The Labute approximate surface area is 93.2 Å². The second-order valence-corrected chi connectivity index (χ2v) is 2.08. The van der Waals surface area contributed by atoms with Crippen LogP contribution in [0, 0.1) is 0 Å². The summed E-state index contributed by atoms with van der Waals surface area (Å²) in [6.45, 7) is 8.00. The largest absolute Gasteiger partial charge is 0.237 e. The summed E-state index contributed by atoms with van der Waals surface area (Å²) in [7, 11) is 0. The molecule has 0 N–H and O–H groups in total. The van der Waals surface area contributed by atoms with Crippen LogP contribution in [0.1, 0.15) is 29.1 Å². The van der Waals surface area contributed by atoms with E-state index in [2.05, 4.69) is 10.1 Å². The van der Waals surface area contributed by atoms with Crippen molar-refractivity contribution in [1.82, 2.24) is 14.8 Å². The minimum absolute atomic E-state index is 0.253. The molecule has 2 rings (SSSR count). The maximum absolute atomic E-state index is 7.29. The van der Waals surface area contributed by atoms with Crippen molar-refractivity contribution in [2.75, 3.05) is 0 Å². The van der Waals surface area contributed by atoms with Crippen LogP contribution < -0.4 is 0 Å². The van der Waals surface area contributed by atoms with Gasteiger partial charge in [0.2, 0.25) is 0 Å². The van der Waals surface area contributed by atoms with Crippen LogP contribution in [0.3, 0.4) is 0 Å². The van der Waals surface area contributed by atoms with Crippen molar-refractivity contribution in [3.05, 3.63) is 42.8 Å². The van der Waals surface area contributed by atoms with Crippen LogP contribution in [0.2, 0.25) is 0 Å². The van der Waals surface area contributed by atoms with Crippen molar-refractivity contribution in [3.8, 4) is 5.82 Å². The summed E-state index contributed by atoms with van der Waals surface area (Å²) in [5.41, 5.74) is 0. The molecule has 15 heavy (non-hydrogen) atoms. The maximum Gasteiger partial charge on any atom is 0.153 e. The Morgan fingerprint density at radius 1 is 1.13 bits per heavy atom. The van der Waals surface area contributed by atoms with E-state index < -0.39 is 0 Å². The Bertz CT molecular complexity index is 372. The molecule has 82 valence electrons. The number of aromatic nitrogens is 3. The van der Waals surface area contributed by atoms with Gasteiger partial charge in [-0.1, -0.05) is 33.8 Å². The molecule has 0 amide bonds. The molecule has 0 aromatic carbocycles. The molecule has 0 radical (unpaired) electrons. The smallest absolute Gasteiger partial charge is 0.153 e. The van der Waals surface area contributed by atoms with Crippen LogP contribution in [0.15, 0.2) is 42.8 Å². The van der Waals surface area contributed by atoms with Crippen LogP contribution in [0.5, 0.6) is 0 Å². The summed E-state index contributed by atoms with van der Waals surface area (Å²) in [6.07, 6.45) is 3.73. The van der Waals surface area contributed by atoms with Gasteiger partial charge in [0.25, 0.3) is 0 Å². The molecular weight excluding hydrogens is 186 g/mol. The molecule has 3 heteroatoms. The number of nitrogens with zero attached hydrogens (tertiary/aromatic N) is 3. The fraction of sp³-hybridized carbons (Fsp3) is 0.333. The van der Waals surface area contributed by atoms with E-state index in [4.69, 9.17) is 1.37 Å². The lowest BCUT2D eigenvalue weighted by Crippen LogP contribution is -1.95. The van der Waals surface area contributed by atoms with E-state index in [1.807, 2.05) is 39.8 Å². The summed E-state index contributed by atoms with van der Waals surface area (Å²) in [4.78, 5) is 3.98. The molecule has 0 saturated heterocycles. The van der Waals surface area contributed by atoms with Gasteiger partial charge in [0.1, 0.15) is 0 Å². The van der Waals surface area contributed by atoms with Crippen molar-refractivity contribution in [2.24, 2.45) is 0 Å². The zero-order valence-electron chi connectivity index (χ0n) is 10.8. The van der Waals surface area contributed by atoms with Crippen molar-refractivity contribution in [2.45, 2.75) is 27.7 Å². The molecule has 0 unspecified atom stereocenters. The molecule has 0 spiro atoms. The predicted octanol–water partition coefficient (Wildman–Crippen LogP) is 3.32. The van der Waals surface area contributed by atoms with E-state index in [0.717, 1.165) is 0 Å². The molecule has 0 atom stereocenters. The van der Waals surface area contributed by atoms with Crippen LogP contribution in [-0.2, 0) is 0 Å². The van der Waals surface area contributed by atoms with E-state index in [-0.39, 0.29) is 6.17 Å². The monoisotopic (exact) mass is 207 g/mol. The van der Waals surface area contributed by atoms with Gasteiger partial charge in [-0.3, -0.25) is 0 Å². The molecule has 0 fully saturated rings. The lowest BCUT2D eigenvalue weighted by atomic mass is 10.5. The predicted molar refractivity (Wildman–Crippen MR) is 64.1 cm³/mol. The SMILES string of the molecule is CC.CC.[3H]c1cccc(-n2cccn2)n1. The highest BCUT2D eigenvalue weighted by Gasteiger charge is 1.92. The average Bonchev–Trinajstić information content (AvgIpc) is 2.88. The van der Waals surface area contributed by atoms with Gasteiger partial charge >= 0.3 is 0 Å². The van der Waals surface area contributed by atoms with Crippen LogP contribution in [0.4, 0.5) is 0 Å². The molecular formula is C12H19N3. The van der Waals surface area contributed by atoms with Crippen LogP contribution in [-0.4, -0.2) is 14.8 Å². The van der Waals surface area contributed by atoms with Crippen LogP contribution >= 0.6 is 0 Å². The summed E-state index contributed by atoms with van der Waals surface area (Å²) >= 11 is 0. The Kier molecular flexibility index (Phi) is 6.81. The Morgan fingerprint density at radius 2 is 1.87 bits per heavy atom. The quantitative estimate of drug-likeness (QED) is 0.718. The van der Waals surface area contributed by atoms with E-state index in [1.54, 1.807) is 29.2 Å². The van der Waals surface area contributed by atoms with Crippen molar-refractivity contribution in [3.63, 3.8) is 0 Å². The Balaban J connectivity index is 0.000000509. The van der Waals surface area contributed by atoms with Gasteiger partial charge in [-0.15, -0.1) is 0 Å². The zero-order chi connectivity index (χ0) is 12.4. The third-order valence-corrected chi connectivity index (χ3v) is 1.33. The molecule has 3 nitrogen and oxygen atoms in total. The number of hydrogen-bond donors (Lipinski definition) is 0. The van der Waals surface area contributed by atoms with E-state index in [9.17, 15) is 0 Å². The van der Waals surface area contributed by atoms with Gasteiger partial charge in [0.05, 0.1) is 1.37 Å². The lowest BCUT2D eigenvalue weighted by molar-refractivity contribution is 0.847. The fourth-order valence-electron chi connectivity index (χ4n) is 0.850. The van der Waals surface area contributed by atoms with Crippen molar-refractivity contribution >= 4 is 0 Å². The molecule has 2 aromatic rings. The molecule has 0 aliphatic carbocycles. The molecule has 2 heterocycles. The Hall–Kier alpha value is -1.64. The highest BCUT2D eigenvalue weighted by atomic mass is 15.3.